The maximum absolute atomic E-state index is 11.8. The molecule has 1 heterocycles. The molecule has 0 saturated carbocycles. The standard InChI is InChI=1S/C13H16N2O2/c1-13(2)9-6-8(11(16)7-14-3)4-5-10(9)15-12(13)17/h4-6,14H,7H2,1-3H3,(H,15,17). The highest BCUT2D eigenvalue weighted by Gasteiger charge is 2.38. The first-order valence-electron chi connectivity index (χ1n) is 5.60. The second-order valence-electron chi connectivity index (χ2n) is 4.79. The molecule has 0 spiro atoms. The van der Waals surface area contributed by atoms with Crippen molar-refractivity contribution in [1.29, 1.82) is 0 Å². The number of fused-ring (bicyclic) bond motifs is 1. The summed E-state index contributed by atoms with van der Waals surface area (Å²) in [6.07, 6.45) is 0. The molecule has 1 aromatic rings. The fourth-order valence-corrected chi connectivity index (χ4v) is 2.01. The number of benzene rings is 1. The van der Waals surface area contributed by atoms with Crippen molar-refractivity contribution in [3.05, 3.63) is 29.3 Å². The van der Waals surface area contributed by atoms with Crippen LogP contribution in [-0.2, 0) is 10.2 Å². The van der Waals surface area contributed by atoms with Crippen LogP contribution in [0.4, 0.5) is 5.69 Å². The smallest absolute Gasteiger partial charge is 0.234 e. The minimum atomic E-state index is -0.564. The summed E-state index contributed by atoms with van der Waals surface area (Å²) in [6, 6.07) is 5.36. The Balaban J connectivity index is 2.42. The Hall–Kier alpha value is -1.68. The lowest BCUT2D eigenvalue weighted by molar-refractivity contribution is -0.119. The molecule has 4 nitrogen and oxygen atoms in total. The molecule has 0 fully saturated rings. The molecule has 1 aliphatic rings. The Morgan fingerprint density at radius 3 is 2.76 bits per heavy atom. The van der Waals surface area contributed by atoms with E-state index >= 15 is 0 Å². The van der Waals surface area contributed by atoms with Gasteiger partial charge < -0.3 is 10.6 Å². The lowest BCUT2D eigenvalue weighted by atomic mass is 9.85. The summed E-state index contributed by atoms with van der Waals surface area (Å²) in [5.74, 6) is 0.0103. The number of amides is 1. The van der Waals surface area contributed by atoms with E-state index in [-0.39, 0.29) is 11.7 Å². The number of hydrogen-bond acceptors (Lipinski definition) is 3. The van der Waals surface area contributed by atoms with Crippen molar-refractivity contribution in [3.63, 3.8) is 0 Å². The molecule has 0 aliphatic carbocycles. The van der Waals surface area contributed by atoms with E-state index < -0.39 is 5.41 Å². The second kappa shape index (κ2) is 3.96. The lowest BCUT2D eigenvalue weighted by Gasteiger charge is -2.15. The van der Waals surface area contributed by atoms with Crippen LogP contribution < -0.4 is 10.6 Å². The summed E-state index contributed by atoms with van der Waals surface area (Å²) >= 11 is 0. The minimum Gasteiger partial charge on any atom is -0.325 e. The van der Waals surface area contributed by atoms with Gasteiger partial charge in [0, 0.05) is 11.3 Å². The summed E-state index contributed by atoms with van der Waals surface area (Å²) in [6.45, 7) is 4.03. The highest BCUT2D eigenvalue weighted by molar-refractivity contribution is 6.07. The highest BCUT2D eigenvalue weighted by atomic mass is 16.2. The normalized spacial score (nSPS) is 16.5. The molecule has 0 aromatic heterocycles. The maximum Gasteiger partial charge on any atom is 0.234 e. The maximum atomic E-state index is 11.8. The molecule has 1 aliphatic heterocycles. The number of likely N-dealkylation sites (N-methyl/N-ethyl adjacent to an activating group) is 1. The van der Waals surface area contributed by atoms with Crippen LogP contribution in [0.1, 0.15) is 29.8 Å². The Morgan fingerprint density at radius 1 is 1.41 bits per heavy atom. The molecule has 2 N–H and O–H groups in total. The molecule has 0 radical (unpaired) electrons. The third-order valence-electron chi connectivity index (χ3n) is 3.17. The summed E-state index contributed by atoms with van der Waals surface area (Å²) in [5.41, 5.74) is 1.78. The van der Waals surface area contributed by atoms with Crippen LogP contribution >= 0.6 is 0 Å². The molecule has 0 bridgehead atoms. The Kier molecular flexibility index (Phi) is 2.75. The third kappa shape index (κ3) is 1.85. The van der Waals surface area contributed by atoms with Gasteiger partial charge in [-0.25, -0.2) is 0 Å². The predicted octanol–water partition coefficient (Wildman–Crippen LogP) is 1.32. The van der Waals surface area contributed by atoms with E-state index in [0.717, 1.165) is 11.3 Å². The third-order valence-corrected chi connectivity index (χ3v) is 3.17. The number of nitrogens with one attached hydrogen (secondary N) is 2. The monoisotopic (exact) mass is 232 g/mol. The largest absolute Gasteiger partial charge is 0.325 e. The van der Waals surface area contributed by atoms with Crippen molar-refractivity contribution < 1.29 is 9.59 Å². The number of ketones is 1. The van der Waals surface area contributed by atoms with Crippen LogP contribution in [0.25, 0.3) is 0 Å². The van der Waals surface area contributed by atoms with Gasteiger partial charge in [0.25, 0.3) is 0 Å². The van der Waals surface area contributed by atoms with Gasteiger partial charge in [0.1, 0.15) is 0 Å². The van der Waals surface area contributed by atoms with Gasteiger partial charge in [0.05, 0.1) is 12.0 Å². The number of carbonyl (C=O) groups excluding carboxylic acids is 2. The van der Waals surface area contributed by atoms with Crippen molar-refractivity contribution in [1.82, 2.24) is 5.32 Å². The first-order valence-corrected chi connectivity index (χ1v) is 5.60. The molecule has 1 aromatic carbocycles. The van der Waals surface area contributed by atoms with Crippen LogP contribution in [0.5, 0.6) is 0 Å². The Morgan fingerprint density at radius 2 is 2.12 bits per heavy atom. The number of Topliss-reactive ketones (excluding diaryl/α,β-unsaturated/α-hetero) is 1. The zero-order valence-electron chi connectivity index (χ0n) is 10.3. The number of hydrogen-bond donors (Lipinski definition) is 2. The van der Waals surface area contributed by atoms with Crippen molar-refractivity contribution >= 4 is 17.4 Å². The van der Waals surface area contributed by atoms with E-state index in [1.54, 1.807) is 19.2 Å². The van der Waals surface area contributed by atoms with E-state index in [1.165, 1.54) is 0 Å². The van der Waals surface area contributed by atoms with Crippen LogP contribution in [0.15, 0.2) is 18.2 Å². The molecular formula is C13H16N2O2. The van der Waals surface area contributed by atoms with E-state index in [2.05, 4.69) is 10.6 Å². The van der Waals surface area contributed by atoms with Gasteiger partial charge in [0.15, 0.2) is 5.78 Å². The van der Waals surface area contributed by atoms with Crippen LogP contribution in [-0.4, -0.2) is 25.3 Å². The molecule has 2 rings (SSSR count). The molecule has 17 heavy (non-hydrogen) atoms. The molecule has 1 amide bonds. The van der Waals surface area contributed by atoms with Crippen molar-refractivity contribution in [3.8, 4) is 0 Å². The SMILES string of the molecule is CNCC(=O)c1ccc2c(c1)C(C)(C)C(=O)N2. The summed E-state index contributed by atoms with van der Waals surface area (Å²) in [4.78, 5) is 23.5. The van der Waals surface area contributed by atoms with Crippen molar-refractivity contribution in [2.45, 2.75) is 19.3 Å². The Bertz CT molecular complexity index is 492. The molecule has 0 unspecified atom stereocenters. The fraction of sp³-hybridized carbons (Fsp3) is 0.385. The first kappa shape index (κ1) is 11.8. The van der Waals surface area contributed by atoms with Gasteiger partial charge in [-0.05, 0) is 44.7 Å². The van der Waals surface area contributed by atoms with E-state index in [1.807, 2.05) is 19.9 Å². The topological polar surface area (TPSA) is 58.2 Å². The van der Waals surface area contributed by atoms with Crippen LogP contribution in [0.3, 0.4) is 0 Å². The molecule has 90 valence electrons. The van der Waals surface area contributed by atoms with E-state index in [4.69, 9.17) is 0 Å². The number of rotatable bonds is 3. The molecule has 0 saturated heterocycles. The Labute approximate surface area is 100 Å². The van der Waals surface area contributed by atoms with E-state index in [9.17, 15) is 9.59 Å². The van der Waals surface area contributed by atoms with Crippen molar-refractivity contribution in [2.24, 2.45) is 0 Å². The highest BCUT2D eigenvalue weighted by Crippen LogP contribution is 2.37. The molecular weight excluding hydrogens is 216 g/mol. The zero-order chi connectivity index (χ0) is 12.6. The number of anilines is 1. The van der Waals surface area contributed by atoms with Crippen LogP contribution in [0, 0.1) is 0 Å². The molecule has 0 atom stereocenters. The fourth-order valence-electron chi connectivity index (χ4n) is 2.01. The summed E-state index contributed by atoms with van der Waals surface area (Å²) in [5, 5.41) is 5.65. The van der Waals surface area contributed by atoms with Gasteiger partial charge in [-0.3, -0.25) is 9.59 Å². The van der Waals surface area contributed by atoms with Gasteiger partial charge in [0.2, 0.25) is 5.91 Å². The number of carbonyl (C=O) groups is 2. The molecule has 4 heteroatoms. The van der Waals surface area contributed by atoms with Gasteiger partial charge >= 0.3 is 0 Å². The average Bonchev–Trinajstić information content (AvgIpc) is 2.50. The minimum absolute atomic E-state index is 0.0225. The average molecular weight is 232 g/mol. The van der Waals surface area contributed by atoms with Crippen LogP contribution in [0.2, 0.25) is 0 Å². The van der Waals surface area contributed by atoms with Gasteiger partial charge in [-0.15, -0.1) is 0 Å². The lowest BCUT2D eigenvalue weighted by Crippen LogP contribution is -2.27. The second-order valence-corrected chi connectivity index (χ2v) is 4.79. The summed E-state index contributed by atoms with van der Waals surface area (Å²) < 4.78 is 0. The van der Waals surface area contributed by atoms with E-state index in [0.29, 0.717) is 12.1 Å². The van der Waals surface area contributed by atoms with Crippen molar-refractivity contribution in [2.75, 3.05) is 18.9 Å². The van der Waals surface area contributed by atoms with Gasteiger partial charge in [-0.1, -0.05) is 0 Å². The quantitative estimate of drug-likeness (QED) is 0.773. The van der Waals surface area contributed by atoms with Gasteiger partial charge in [-0.2, -0.15) is 0 Å². The first-order chi connectivity index (χ1) is 7.96. The predicted molar refractivity (Wildman–Crippen MR) is 66.4 cm³/mol. The zero-order valence-corrected chi connectivity index (χ0v) is 10.3. The summed E-state index contributed by atoms with van der Waals surface area (Å²) in [7, 11) is 1.74.